The van der Waals surface area contributed by atoms with Crippen LogP contribution in [0.15, 0.2) is 24.3 Å². The summed E-state index contributed by atoms with van der Waals surface area (Å²) >= 11 is 0. The number of anilines is 1. The van der Waals surface area contributed by atoms with Crippen LogP contribution in [0, 0.1) is 0 Å². The maximum Gasteiger partial charge on any atom is 0.233 e. The Bertz CT molecular complexity index is 529. The van der Waals surface area contributed by atoms with E-state index in [0.717, 1.165) is 0 Å². The molecule has 1 N–H and O–H groups in total. The van der Waals surface area contributed by atoms with Gasteiger partial charge >= 0.3 is 0 Å². The highest BCUT2D eigenvalue weighted by Gasteiger charge is 2.20. The lowest BCUT2D eigenvalue weighted by molar-refractivity contribution is -0.114. The zero-order valence-corrected chi connectivity index (χ0v) is 8.61. The van der Waals surface area contributed by atoms with Crippen LogP contribution >= 0.6 is 0 Å². The van der Waals surface area contributed by atoms with Crippen molar-refractivity contribution in [3.8, 4) is 0 Å². The van der Waals surface area contributed by atoms with Gasteiger partial charge in [-0.1, -0.05) is 6.08 Å². The second-order valence-electron chi connectivity index (χ2n) is 3.51. The van der Waals surface area contributed by atoms with Gasteiger partial charge in [0.1, 0.15) is 0 Å². The number of amides is 1. The van der Waals surface area contributed by atoms with Gasteiger partial charge in [0.25, 0.3) is 0 Å². The molecular formula is C12H9NO3. The van der Waals surface area contributed by atoms with Gasteiger partial charge in [0.05, 0.1) is 0 Å². The van der Waals surface area contributed by atoms with Gasteiger partial charge in [-0.25, -0.2) is 0 Å². The van der Waals surface area contributed by atoms with Crippen molar-refractivity contribution in [3.05, 3.63) is 35.4 Å². The molecule has 0 saturated carbocycles. The molecule has 0 spiro atoms. The first kappa shape index (κ1) is 10.3. The van der Waals surface area contributed by atoms with Crippen LogP contribution in [0.1, 0.15) is 22.8 Å². The number of nitrogens with one attached hydrogen (secondary N) is 1. The zero-order valence-electron chi connectivity index (χ0n) is 8.61. The number of rotatable bonds is 1. The topological polar surface area (TPSA) is 63.2 Å². The minimum absolute atomic E-state index is 0.179. The van der Waals surface area contributed by atoms with E-state index in [4.69, 9.17) is 0 Å². The highest BCUT2D eigenvalue weighted by molar-refractivity contribution is 6.50. The lowest BCUT2D eigenvalue weighted by Crippen LogP contribution is -2.16. The van der Waals surface area contributed by atoms with Gasteiger partial charge in [0.15, 0.2) is 0 Å². The molecule has 0 atom stereocenters. The summed E-state index contributed by atoms with van der Waals surface area (Å²) in [7, 11) is 0. The second kappa shape index (κ2) is 3.73. The van der Waals surface area contributed by atoms with Crippen LogP contribution in [0.5, 0.6) is 0 Å². The summed E-state index contributed by atoms with van der Waals surface area (Å²) in [5, 5.41) is 2.61. The van der Waals surface area contributed by atoms with E-state index in [9.17, 15) is 14.4 Å². The monoisotopic (exact) mass is 215 g/mol. The maximum atomic E-state index is 11.5. The summed E-state index contributed by atoms with van der Waals surface area (Å²) in [5.41, 5.74) is 1.63. The fourth-order valence-electron chi connectivity index (χ4n) is 1.56. The van der Waals surface area contributed by atoms with Crippen LogP contribution in [-0.4, -0.2) is 17.5 Å². The Labute approximate surface area is 92.0 Å². The van der Waals surface area contributed by atoms with E-state index >= 15 is 0 Å². The number of allylic oxidation sites excluding steroid dienone is 1. The van der Waals surface area contributed by atoms with Crippen LogP contribution in [-0.2, 0) is 9.59 Å². The molecule has 1 aromatic rings. The Hall–Kier alpha value is -2.23. The molecular weight excluding hydrogens is 206 g/mol. The Balaban J connectivity index is 2.43. The average molecular weight is 215 g/mol. The van der Waals surface area contributed by atoms with Crippen molar-refractivity contribution in [2.24, 2.45) is 0 Å². The molecule has 1 aliphatic carbocycles. The van der Waals surface area contributed by atoms with Crippen molar-refractivity contribution in [1.29, 1.82) is 0 Å². The molecule has 0 radical (unpaired) electrons. The molecule has 1 aliphatic rings. The Kier molecular flexibility index (Phi) is 2.40. The van der Waals surface area contributed by atoms with E-state index in [1.807, 2.05) is 0 Å². The summed E-state index contributed by atoms with van der Waals surface area (Å²) < 4.78 is 0. The summed E-state index contributed by atoms with van der Waals surface area (Å²) in [4.78, 5) is 33.4. The van der Waals surface area contributed by atoms with E-state index in [2.05, 4.69) is 5.32 Å². The van der Waals surface area contributed by atoms with Crippen molar-refractivity contribution in [2.75, 3.05) is 5.32 Å². The number of benzene rings is 1. The van der Waals surface area contributed by atoms with Crippen LogP contribution < -0.4 is 5.32 Å². The largest absolute Gasteiger partial charge is 0.326 e. The number of carbonyl (C=O) groups excluding carboxylic acids is 3. The zero-order chi connectivity index (χ0) is 11.7. The van der Waals surface area contributed by atoms with E-state index in [0.29, 0.717) is 16.8 Å². The minimum Gasteiger partial charge on any atom is -0.326 e. The first-order valence-electron chi connectivity index (χ1n) is 4.76. The summed E-state index contributed by atoms with van der Waals surface area (Å²) in [6.45, 7) is 1.41. The van der Waals surface area contributed by atoms with Gasteiger partial charge in [0.2, 0.25) is 17.5 Å². The first-order chi connectivity index (χ1) is 7.58. The number of Topliss-reactive ketones (excluding diaryl/α,β-unsaturated/α-hetero) is 1. The second-order valence-corrected chi connectivity index (χ2v) is 3.51. The highest BCUT2D eigenvalue weighted by atomic mass is 16.2. The molecule has 80 valence electrons. The van der Waals surface area contributed by atoms with Gasteiger partial charge in [-0.05, 0) is 29.8 Å². The van der Waals surface area contributed by atoms with Crippen LogP contribution in [0.4, 0.5) is 5.69 Å². The quantitative estimate of drug-likeness (QED) is 0.720. The predicted octanol–water partition coefficient (Wildman–Crippen LogP) is 1.42. The molecule has 1 amide bonds. The summed E-state index contributed by atoms with van der Waals surface area (Å²) in [6, 6.07) is 4.81. The van der Waals surface area contributed by atoms with Crippen molar-refractivity contribution in [3.63, 3.8) is 0 Å². The van der Waals surface area contributed by atoms with Crippen LogP contribution in [0.2, 0.25) is 0 Å². The molecule has 0 bridgehead atoms. The van der Waals surface area contributed by atoms with Crippen molar-refractivity contribution < 1.29 is 14.4 Å². The van der Waals surface area contributed by atoms with Gasteiger partial charge in [-0.15, -0.1) is 0 Å². The molecule has 0 aliphatic heterocycles. The van der Waals surface area contributed by atoms with Gasteiger partial charge < -0.3 is 5.32 Å². The Morgan fingerprint density at radius 2 is 1.94 bits per heavy atom. The SMILES string of the molecule is CC(=O)Nc1ccc2c(c1)C=CC(=O)C2=O. The molecule has 0 saturated heterocycles. The fourth-order valence-corrected chi connectivity index (χ4v) is 1.56. The predicted molar refractivity (Wildman–Crippen MR) is 59.1 cm³/mol. The van der Waals surface area contributed by atoms with E-state index in [1.165, 1.54) is 13.0 Å². The highest BCUT2D eigenvalue weighted by Crippen LogP contribution is 2.21. The number of fused-ring (bicyclic) bond motifs is 1. The molecule has 0 aromatic heterocycles. The fraction of sp³-hybridized carbons (Fsp3) is 0.0833. The van der Waals surface area contributed by atoms with Gasteiger partial charge in [-0.3, -0.25) is 14.4 Å². The normalized spacial score (nSPS) is 13.6. The molecule has 16 heavy (non-hydrogen) atoms. The summed E-state index contributed by atoms with van der Waals surface area (Å²) in [6.07, 6.45) is 2.81. The molecule has 4 nitrogen and oxygen atoms in total. The Morgan fingerprint density at radius 3 is 2.62 bits per heavy atom. The van der Waals surface area contributed by atoms with Crippen molar-refractivity contribution in [2.45, 2.75) is 6.92 Å². The minimum atomic E-state index is -0.514. The number of ketones is 2. The molecule has 0 unspecified atom stereocenters. The first-order valence-corrected chi connectivity index (χ1v) is 4.76. The number of hydrogen-bond acceptors (Lipinski definition) is 3. The molecule has 0 heterocycles. The van der Waals surface area contributed by atoms with E-state index < -0.39 is 11.6 Å². The lowest BCUT2D eigenvalue weighted by Gasteiger charge is -2.10. The van der Waals surface area contributed by atoms with Crippen LogP contribution in [0.3, 0.4) is 0 Å². The maximum absolute atomic E-state index is 11.5. The Morgan fingerprint density at radius 1 is 1.19 bits per heavy atom. The third-order valence-electron chi connectivity index (χ3n) is 2.25. The van der Waals surface area contributed by atoms with E-state index in [-0.39, 0.29) is 5.91 Å². The molecule has 0 fully saturated rings. The van der Waals surface area contributed by atoms with Crippen molar-refractivity contribution >= 4 is 29.2 Å². The summed E-state index contributed by atoms with van der Waals surface area (Å²) in [5.74, 6) is -1.20. The molecule has 1 aromatic carbocycles. The number of hydrogen-bond donors (Lipinski definition) is 1. The van der Waals surface area contributed by atoms with Gasteiger partial charge in [0, 0.05) is 18.2 Å². The molecule has 4 heteroatoms. The third-order valence-corrected chi connectivity index (χ3v) is 2.25. The van der Waals surface area contributed by atoms with Crippen LogP contribution in [0.25, 0.3) is 6.08 Å². The van der Waals surface area contributed by atoms with E-state index in [1.54, 1.807) is 24.3 Å². The van der Waals surface area contributed by atoms with Gasteiger partial charge in [-0.2, -0.15) is 0 Å². The number of carbonyl (C=O) groups is 3. The smallest absolute Gasteiger partial charge is 0.233 e. The third kappa shape index (κ3) is 1.77. The van der Waals surface area contributed by atoms with Crippen molar-refractivity contribution in [1.82, 2.24) is 0 Å². The standard InChI is InChI=1S/C12H9NO3/c1-7(14)13-9-3-4-10-8(6-9)2-5-11(15)12(10)16/h2-6H,1H3,(H,13,14). The molecule has 2 rings (SSSR count). The average Bonchev–Trinajstić information content (AvgIpc) is 2.23. The lowest BCUT2D eigenvalue weighted by atomic mass is 9.95.